The van der Waals surface area contributed by atoms with E-state index in [1.807, 2.05) is 4.90 Å². The minimum atomic E-state index is -3.79. The van der Waals surface area contributed by atoms with E-state index < -0.39 is 10.0 Å². The van der Waals surface area contributed by atoms with Crippen molar-refractivity contribution < 1.29 is 17.9 Å². The van der Waals surface area contributed by atoms with Crippen LogP contribution in [0.15, 0.2) is 51.8 Å². The van der Waals surface area contributed by atoms with Crippen molar-refractivity contribution in [3.8, 4) is 5.75 Å². The van der Waals surface area contributed by atoms with Gasteiger partial charge in [0.05, 0.1) is 12.2 Å². The standard InChI is InChI=1S/C20H21BrN2O4S/c21-17-6-1-2-7-19(17)28(25,26)22-14-8-9-18-16(13-14)20(24)23-11-4-3-5-15(23)10-12-27-18/h1-2,6-9,13,15,22H,3-5,10-12H2. The SMILES string of the molecule is O=C1c2cc(NS(=O)(=O)c3ccccc3Br)ccc2OCCC2CCCCN12. The topological polar surface area (TPSA) is 75.7 Å². The fourth-order valence-corrected chi connectivity index (χ4v) is 5.84. The van der Waals surface area contributed by atoms with E-state index in [4.69, 9.17) is 4.74 Å². The first-order valence-corrected chi connectivity index (χ1v) is 11.6. The molecule has 1 amide bonds. The molecule has 1 N–H and O–H groups in total. The summed E-state index contributed by atoms with van der Waals surface area (Å²) in [6, 6.07) is 11.6. The number of fused-ring (bicyclic) bond motifs is 2. The van der Waals surface area contributed by atoms with E-state index in [1.54, 1.807) is 36.4 Å². The Bertz CT molecular complexity index is 1010. The van der Waals surface area contributed by atoms with E-state index in [0.717, 1.165) is 32.2 Å². The molecule has 1 atom stereocenters. The van der Waals surface area contributed by atoms with Crippen LogP contribution >= 0.6 is 15.9 Å². The van der Waals surface area contributed by atoms with Crippen molar-refractivity contribution in [2.45, 2.75) is 36.6 Å². The van der Waals surface area contributed by atoms with Gasteiger partial charge >= 0.3 is 0 Å². The normalized spacial score (nSPS) is 19.7. The lowest BCUT2D eigenvalue weighted by Gasteiger charge is -2.37. The van der Waals surface area contributed by atoms with Crippen molar-refractivity contribution in [1.29, 1.82) is 0 Å². The fraction of sp³-hybridized carbons (Fsp3) is 0.350. The van der Waals surface area contributed by atoms with Gasteiger partial charge in [0.25, 0.3) is 15.9 Å². The first-order chi connectivity index (χ1) is 13.5. The number of sulfonamides is 1. The third-order valence-electron chi connectivity index (χ3n) is 5.18. The zero-order valence-corrected chi connectivity index (χ0v) is 17.6. The van der Waals surface area contributed by atoms with Gasteiger partial charge in [0.2, 0.25) is 0 Å². The van der Waals surface area contributed by atoms with E-state index in [2.05, 4.69) is 20.7 Å². The molecule has 4 rings (SSSR count). The Hall–Kier alpha value is -2.06. The maximum absolute atomic E-state index is 13.1. The van der Waals surface area contributed by atoms with Crippen LogP contribution in [-0.4, -0.2) is 38.4 Å². The minimum absolute atomic E-state index is 0.0960. The number of ether oxygens (including phenoxy) is 1. The molecule has 6 nitrogen and oxygen atoms in total. The highest BCUT2D eigenvalue weighted by molar-refractivity contribution is 9.10. The number of carbonyl (C=O) groups excluding carboxylic acids is 1. The smallest absolute Gasteiger partial charge is 0.263 e. The molecule has 0 spiro atoms. The highest BCUT2D eigenvalue weighted by atomic mass is 79.9. The second kappa shape index (κ2) is 7.75. The Kier molecular flexibility index (Phi) is 5.33. The number of carbonyl (C=O) groups is 1. The van der Waals surface area contributed by atoms with Gasteiger partial charge in [0.1, 0.15) is 10.6 Å². The summed E-state index contributed by atoms with van der Waals surface area (Å²) >= 11 is 3.27. The Morgan fingerprint density at radius 3 is 2.75 bits per heavy atom. The van der Waals surface area contributed by atoms with Crippen LogP contribution in [0.4, 0.5) is 5.69 Å². The number of piperidine rings is 1. The second-order valence-electron chi connectivity index (χ2n) is 7.03. The summed E-state index contributed by atoms with van der Waals surface area (Å²) < 4.78 is 34.4. The van der Waals surface area contributed by atoms with Crippen molar-refractivity contribution in [2.24, 2.45) is 0 Å². The molecule has 28 heavy (non-hydrogen) atoms. The van der Waals surface area contributed by atoms with Crippen molar-refractivity contribution in [2.75, 3.05) is 17.9 Å². The summed E-state index contributed by atoms with van der Waals surface area (Å²) in [5.41, 5.74) is 0.736. The molecule has 2 aliphatic heterocycles. The number of benzene rings is 2. The highest BCUT2D eigenvalue weighted by Crippen LogP contribution is 2.32. The summed E-state index contributed by atoms with van der Waals surface area (Å²) in [6.45, 7) is 1.28. The molecule has 2 heterocycles. The maximum Gasteiger partial charge on any atom is 0.263 e. The van der Waals surface area contributed by atoms with Crippen LogP contribution in [0.3, 0.4) is 0 Å². The van der Waals surface area contributed by atoms with E-state index in [-0.39, 0.29) is 16.8 Å². The molecule has 1 fully saturated rings. The van der Waals surface area contributed by atoms with Crippen LogP contribution in [0.5, 0.6) is 5.75 Å². The van der Waals surface area contributed by atoms with Crippen molar-refractivity contribution >= 4 is 37.5 Å². The van der Waals surface area contributed by atoms with Crippen LogP contribution in [-0.2, 0) is 10.0 Å². The van der Waals surface area contributed by atoms with Gasteiger partial charge in [0, 0.05) is 29.2 Å². The molecule has 0 radical (unpaired) electrons. The second-order valence-corrected chi connectivity index (χ2v) is 9.54. The Balaban J connectivity index is 1.66. The molecule has 0 aromatic heterocycles. The van der Waals surface area contributed by atoms with Gasteiger partial charge in [-0.25, -0.2) is 8.42 Å². The lowest BCUT2D eigenvalue weighted by Crippen LogP contribution is -2.45. The summed E-state index contributed by atoms with van der Waals surface area (Å²) in [6.07, 6.45) is 3.92. The number of hydrogen-bond acceptors (Lipinski definition) is 4. The van der Waals surface area contributed by atoms with Gasteiger partial charge < -0.3 is 9.64 Å². The average Bonchev–Trinajstić information content (AvgIpc) is 2.67. The molecule has 2 aromatic rings. The molecule has 2 aromatic carbocycles. The third-order valence-corrected chi connectivity index (χ3v) is 7.58. The fourth-order valence-electron chi connectivity index (χ4n) is 3.79. The predicted molar refractivity (Wildman–Crippen MR) is 110 cm³/mol. The zero-order valence-electron chi connectivity index (χ0n) is 15.2. The summed E-state index contributed by atoms with van der Waals surface area (Å²) in [5.74, 6) is 0.402. The summed E-state index contributed by atoms with van der Waals surface area (Å²) in [5, 5.41) is 0. The van der Waals surface area contributed by atoms with Gasteiger partial charge in [-0.05, 0) is 65.5 Å². The first-order valence-electron chi connectivity index (χ1n) is 9.31. The van der Waals surface area contributed by atoms with E-state index in [0.29, 0.717) is 28.1 Å². The van der Waals surface area contributed by atoms with Crippen LogP contribution in [0.25, 0.3) is 0 Å². The number of anilines is 1. The first kappa shape index (κ1) is 19.3. The quantitative estimate of drug-likeness (QED) is 0.743. The van der Waals surface area contributed by atoms with Crippen molar-refractivity contribution in [3.63, 3.8) is 0 Å². The summed E-state index contributed by atoms with van der Waals surface area (Å²) in [7, 11) is -3.79. The number of nitrogens with one attached hydrogen (secondary N) is 1. The van der Waals surface area contributed by atoms with E-state index in [9.17, 15) is 13.2 Å². The molecule has 1 unspecified atom stereocenters. The minimum Gasteiger partial charge on any atom is -0.493 e. The van der Waals surface area contributed by atoms with Gasteiger partial charge in [0.15, 0.2) is 0 Å². The molecule has 8 heteroatoms. The van der Waals surface area contributed by atoms with Crippen LogP contribution in [0.2, 0.25) is 0 Å². The van der Waals surface area contributed by atoms with Gasteiger partial charge in [-0.1, -0.05) is 12.1 Å². The molecule has 2 aliphatic rings. The Labute approximate surface area is 173 Å². The molecule has 0 bridgehead atoms. The molecule has 0 saturated carbocycles. The lowest BCUT2D eigenvalue weighted by molar-refractivity contribution is 0.0548. The number of hydrogen-bond donors (Lipinski definition) is 1. The molecular formula is C20H21BrN2O4S. The maximum atomic E-state index is 13.1. The van der Waals surface area contributed by atoms with Crippen LogP contribution in [0, 0.1) is 0 Å². The number of amides is 1. The monoisotopic (exact) mass is 464 g/mol. The van der Waals surface area contributed by atoms with Crippen molar-refractivity contribution in [3.05, 3.63) is 52.5 Å². The van der Waals surface area contributed by atoms with Gasteiger partial charge in [-0.2, -0.15) is 0 Å². The predicted octanol–water partition coefficient (Wildman–Crippen LogP) is 4.03. The van der Waals surface area contributed by atoms with Gasteiger partial charge in [-0.15, -0.1) is 0 Å². The number of rotatable bonds is 3. The molecule has 1 saturated heterocycles. The third kappa shape index (κ3) is 3.75. The number of nitrogens with zero attached hydrogens (tertiary/aromatic N) is 1. The molecule has 0 aliphatic carbocycles. The van der Waals surface area contributed by atoms with Crippen molar-refractivity contribution in [1.82, 2.24) is 4.90 Å². The van der Waals surface area contributed by atoms with E-state index >= 15 is 0 Å². The van der Waals surface area contributed by atoms with E-state index in [1.165, 1.54) is 6.07 Å². The Morgan fingerprint density at radius 2 is 1.93 bits per heavy atom. The largest absolute Gasteiger partial charge is 0.493 e. The average molecular weight is 465 g/mol. The Morgan fingerprint density at radius 1 is 1.11 bits per heavy atom. The van der Waals surface area contributed by atoms with Crippen LogP contribution < -0.4 is 9.46 Å². The van der Waals surface area contributed by atoms with Gasteiger partial charge in [-0.3, -0.25) is 9.52 Å². The highest BCUT2D eigenvalue weighted by Gasteiger charge is 2.31. The molecular weight excluding hydrogens is 444 g/mol. The van der Waals surface area contributed by atoms with Crippen LogP contribution in [0.1, 0.15) is 36.0 Å². The zero-order chi connectivity index (χ0) is 19.7. The molecule has 148 valence electrons. The lowest BCUT2D eigenvalue weighted by atomic mass is 9.97. The number of halogens is 1. The summed E-state index contributed by atoms with van der Waals surface area (Å²) in [4.78, 5) is 15.2.